The van der Waals surface area contributed by atoms with E-state index < -0.39 is 6.10 Å². The average Bonchev–Trinajstić information content (AvgIpc) is 2.35. The van der Waals surface area contributed by atoms with E-state index in [9.17, 15) is 5.11 Å². The third-order valence-corrected chi connectivity index (χ3v) is 3.18. The minimum absolute atomic E-state index is 0.466. The zero-order chi connectivity index (χ0) is 12.3. The Hall–Kier alpha value is -1.09. The summed E-state index contributed by atoms with van der Waals surface area (Å²) in [4.78, 5) is 4.11. The van der Waals surface area contributed by atoms with Crippen LogP contribution in [0.1, 0.15) is 17.4 Å². The molecule has 0 saturated heterocycles. The lowest BCUT2D eigenvalue weighted by Crippen LogP contribution is -2.03. The van der Waals surface area contributed by atoms with Gasteiger partial charge in [0.25, 0.3) is 0 Å². The van der Waals surface area contributed by atoms with Crippen LogP contribution in [0, 0.1) is 0 Å². The van der Waals surface area contributed by atoms with Crippen LogP contribution in [0.5, 0.6) is 0 Å². The van der Waals surface area contributed by atoms with Crippen molar-refractivity contribution in [1.82, 2.24) is 4.98 Å². The summed E-state index contributed by atoms with van der Waals surface area (Å²) in [5.74, 6) is 0. The first kappa shape index (κ1) is 12.4. The molecule has 1 unspecified atom stereocenters. The molecule has 0 fully saturated rings. The maximum Gasteiger partial charge on any atom is 0.0999 e. The van der Waals surface area contributed by atoms with Crippen LogP contribution >= 0.6 is 23.2 Å². The first-order valence-electron chi connectivity index (χ1n) is 5.20. The van der Waals surface area contributed by atoms with Gasteiger partial charge in [-0.3, -0.25) is 4.98 Å². The topological polar surface area (TPSA) is 33.1 Å². The van der Waals surface area contributed by atoms with Gasteiger partial charge in [-0.15, -0.1) is 0 Å². The normalized spacial score (nSPS) is 12.4. The van der Waals surface area contributed by atoms with Gasteiger partial charge in [0, 0.05) is 12.6 Å². The number of hydrogen-bond donors (Lipinski definition) is 1. The summed E-state index contributed by atoms with van der Waals surface area (Å²) >= 11 is 11.7. The summed E-state index contributed by atoms with van der Waals surface area (Å²) in [6.07, 6.45) is 1.50. The monoisotopic (exact) mass is 267 g/mol. The largest absolute Gasteiger partial charge is 0.386 e. The highest BCUT2D eigenvalue weighted by molar-refractivity contribution is 6.42. The van der Waals surface area contributed by atoms with Crippen LogP contribution in [0.25, 0.3) is 0 Å². The highest BCUT2D eigenvalue weighted by Gasteiger charge is 2.10. The zero-order valence-electron chi connectivity index (χ0n) is 8.98. The third-order valence-electron chi connectivity index (χ3n) is 2.44. The lowest BCUT2D eigenvalue weighted by molar-refractivity contribution is 0.173. The number of benzene rings is 1. The molecule has 1 atom stereocenters. The van der Waals surface area contributed by atoms with Crippen LogP contribution in [-0.2, 0) is 6.42 Å². The Bertz CT molecular complexity index is 502. The fourth-order valence-electron chi connectivity index (χ4n) is 1.57. The first-order chi connectivity index (χ1) is 8.16. The molecular formula is C13H11Cl2NO. The summed E-state index contributed by atoms with van der Waals surface area (Å²) in [7, 11) is 0. The fourth-order valence-corrected chi connectivity index (χ4v) is 1.89. The van der Waals surface area contributed by atoms with Crippen molar-refractivity contribution in [1.29, 1.82) is 0 Å². The summed E-state index contributed by atoms with van der Waals surface area (Å²) in [5.41, 5.74) is 1.58. The summed E-state index contributed by atoms with van der Waals surface area (Å²) in [6, 6.07) is 10.8. The van der Waals surface area contributed by atoms with E-state index in [-0.39, 0.29) is 0 Å². The SMILES string of the molecule is OC(Cc1ccc(Cl)c(Cl)c1)c1ccccn1. The van der Waals surface area contributed by atoms with E-state index in [0.29, 0.717) is 22.2 Å². The molecule has 0 aliphatic heterocycles. The van der Waals surface area contributed by atoms with Gasteiger partial charge < -0.3 is 5.11 Å². The number of aromatic nitrogens is 1. The molecule has 1 aromatic heterocycles. The fraction of sp³-hybridized carbons (Fsp3) is 0.154. The number of halogens is 2. The molecule has 88 valence electrons. The highest BCUT2D eigenvalue weighted by Crippen LogP contribution is 2.25. The molecule has 0 aliphatic rings. The molecule has 0 aliphatic carbocycles. The van der Waals surface area contributed by atoms with E-state index in [4.69, 9.17) is 23.2 Å². The van der Waals surface area contributed by atoms with Gasteiger partial charge in [0.1, 0.15) is 0 Å². The van der Waals surface area contributed by atoms with Crippen molar-refractivity contribution in [2.75, 3.05) is 0 Å². The minimum Gasteiger partial charge on any atom is -0.386 e. The van der Waals surface area contributed by atoms with Crippen LogP contribution < -0.4 is 0 Å². The Kier molecular flexibility index (Phi) is 4.00. The smallest absolute Gasteiger partial charge is 0.0999 e. The van der Waals surface area contributed by atoms with Gasteiger partial charge in [-0.2, -0.15) is 0 Å². The van der Waals surface area contributed by atoms with Crippen LogP contribution in [0.3, 0.4) is 0 Å². The van der Waals surface area contributed by atoms with E-state index in [0.717, 1.165) is 5.56 Å². The number of rotatable bonds is 3. The van der Waals surface area contributed by atoms with Crippen molar-refractivity contribution < 1.29 is 5.11 Å². The second-order valence-electron chi connectivity index (χ2n) is 3.72. The molecule has 2 aromatic rings. The first-order valence-corrected chi connectivity index (χ1v) is 5.95. The van der Waals surface area contributed by atoms with Gasteiger partial charge in [-0.05, 0) is 29.8 Å². The molecule has 0 spiro atoms. The van der Waals surface area contributed by atoms with Crippen LogP contribution in [-0.4, -0.2) is 10.1 Å². The van der Waals surface area contributed by atoms with Crippen molar-refractivity contribution in [3.05, 3.63) is 63.9 Å². The molecular weight excluding hydrogens is 257 g/mol. The van der Waals surface area contributed by atoms with Gasteiger partial charge in [0.2, 0.25) is 0 Å². The quantitative estimate of drug-likeness (QED) is 0.921. The van der Waals surface area contributed by atoms with Crippen LogP contribution in [0.2, 0.25) is 10.0 Å². The standard InChI is InChI=1S/C13H11Cl2NO/c14-10-5-4-9(7-11(10)15)8-13(17)12-3-1-2-6-16-12/h1-7,13,17H,8H2. The maximum atomic E-state index is 10.00. The number of nitrogens with zero attached hydrogens (tertiary/aromatic N) is 1. The van der Waals surface area contributed by atoms with Crippen LogP contribution in [0.15, 0.2) is 42.6 Å². The molecule has 0 amide bonds. The predicted octanol–water partition coefficient (Wildman–Crippen LogP) is 3.66. The van der Waals surface area contributed by atoms with E-state index in [1.807, 2.05) is 18.2 Å². The molecule has 4 heteroatoms. The van der Waals surface area contributed by atoms with Crippen molar-refractivity contribution >= 4 is 23.2 Å². The van der Waals surface area contributed by atoms with Gasteiger partial charge in [0.05, 0.1) is 21.8 Å². The Morgan fingerprint density at radius 3 is 2.59 bits per heavy atom. The van der Waals surface area contributed by atoms with Crippen molar-refractivity contribution in [2.45, 2.75) is 12.5 Å². The Morgan fingerprint density at radius 2 is 1.94 bits per heavy atom. The molecule has 2 nitrogen and oxygen atoms in total. The van der Waals surface area contributed by atoms with Crippen molar-refractivity contribution in [3.8, 4) is 0 Å². The molecule has 0 saturated carbocycles. The van der Waals surface area contributed by atoms with Gasteiger partial charge in [0.15, 0.2) is 0 Å². The van der Waals surface area contributed by atoms with E-state index >= 15 is 0 Å². The number of aliphatic hydroxyl groups excluding tert-OH is 1. The number of aliphatic hydroxyl groups is 1. The number of pyridine rings is 1. The molecule has 1 aromatic carbocycles. The summed E-state index contributed by atoms with van der Waals surface area (Å²) in [5, 5.41) is 11.0. The maximum absolute atomic E-state index is 10.00. The van der Waals surface area contributed by atoms with E-state index in [2.05, 4.69) is 4.98 Å². The molecule has 17 heavy (non-hydrogen) atoms. The lowest BCUT2D eigenvalue weighted by Gasteiger charge is -2.10. The Balaban J connectivity index is 2.13. The molecule has 1 heterocycles. The molecule has 0 radical (unpaired) electrons. The Morgan fingerprint density at radius 1 is 1.12 bits per heavy atom. The van der Waals surface area contributed by atoms with Crippen LogP contribution in [0.4, 0.5) is 0 Å². The molecule has 2 rings (SSSR count). The van der Waals surface area contributed by atoms with Crippen molar-refractivity contribution in [2.24, 2.45) is 0 Å². The second-order valence-corrected chi connectivity index (χ2v) is 4.54. The third kappa shape index (κ3) is 3.19. The average molecular weight is 268 g/mol. The summed E-state index contributed by atoms with van der Waals surface area (Å²) < 4.78 is 0. The van der Waals surface area contributed by atoms with E-state index in [1.54, 1.807) is 24.4 Å². The second kappa shape index (κ2) is 5.50. The van der Waals surface area contributed by atoms with Crippen molar-refractivity contribution in [3.63, 3.8) is 0 Å². The van der Waals surface area contributed by atoms with Gasteiger partial charge in [-0.1, -0.05) is 35.3 Å². The lowest BCUT2D eigenvalue weighted by atomic mass is 10.1. The molecule has 0 bridgehead atoms. The minimum atomic E-state index is -0.631. The summed E-state index contributed by atoms with van der Waals surface area (Å²) in [6.45, 7) is 0. The van der Waals surface area contributed by atoms with Gasteiger partial charge in [-0.25, -0.2) is 0 Å². The zero-order valence-corrected chi connectivity index (χ0v) is 10.5. The van der Waals surface area contributed by atoms with Gasteiger partial charge >= 0.3 is 0 Å². The predicted molar refractivity (Wildman–Crippen MR) is 69.4 cm³/mol. The van der Waals surface area contributed by atoms with E-state index in [1.165, 1.54) is 0 Å². The Labute approximate surface area is 110 Å². The number of hydrogen-bond acceptors (Lipinski definition) is 2. The molecule has 1 N–H and O–H groups in total. The highest BCUT2D eigenvalue weighted by atomic mass is 35.5.